The van der Waals surface area contributed by atoms with Crippen LogP contribution in [0.25, 0.3) is 0 Å². The van der Waals surface area contributed by atoms with Crippen LogP contribution in [0.2, 0.25) is 0 Å². The maximum atomic E-state index is 11.6. The highest BCUT2D eigenvalue weighted by atomic mass is 16.6. The summed E-state index contributed by atoms with van der Waals surface area (Å²) in [4.78, 5) is 22.9. The number of ketones is 2. The summed E-state index contributed by atoms with van der Waals surface area (Å²) in [6.07, 6.45) is 2.73. The van der Waals surface area contributed by atoms with E-state index < -0.39 is 11.7 Å². The predicted molar refractivity (Wildman–Crippen MR) is 47.9 cm³/mol. The molecule has 4 heteroatoms. The minimum atomic E-state index is -0.978. The van der Waals surface area contributed by atoms with Crippen LogP contribution < -0.4 is 0 Å². The van der Waals surface area contributed by atoms with E-state index in [1.54, 1.807) is 12.2 Å². The number of hydrogen-bond acceptors (Lipinski definition) is 4. The molecule has 2 aliphatic rings. The fourth-order valence-electron chi connectivity index (χ4n) is 1.70. The van der Waals surface area contributed by atoms with Gasteiger partial charge in [-0.15, -0.1) is 0 Å². The Morgan fingerprint density at radius 3 is 3.14 bits per heavy atom. The van der Waals surface area contributed by atoms with Crippen molar-refractivity contribution in [3.8, 4) is 0 Å². The van der Waals surface area contributed by atoms with E-state index in [-0.39, 0.29) is 24.6 Å². The molecule has 0 aromatic carbocycles. The lowest BCUT2D eigenvalue weighted by molar-refractivity contribution is -0.163. The van der Waals surface area contributed by atoms with Crippen molar-refractivity contribution >= 4 is 11.6 Å². The zero-order valence-electron chi connectivity index (χ0n) is 7.99. The molecule has 0 aliphatic carbocycles. The minimum absolute atomic E-state index is 0.0370. The van der Waals surface area contributed by atoms with Crippen molar-refractivity contribution in [2.24, 2.45) is 0 Å². The van der Waals surface area contributed by atoms with E-state index in [4.69, 9.17) is 9.47 Å². The molecule has 0 amide bonds. The van der Waals surface area contributed by atoms with Gasteiger partial charge in [0.1, 0.15) is 6.10 Å². The molecule has 2 unspecified atom stereocenters. The number of carbonyl (C=O) groups is 2. The molecule has 14 heavy (non-hydrogen) atoms. The van der Waals surface area contributed by atoms with Gasteiger partial charge in [-0.05, 0) is 19.1 Å². The van der Waals surface area contributed by atoms with Crippen LogP contribution in [0.3, 0.4) is 0 Å². The molecule has 2 heterocycles. The molecule has 1 fully saturated rings. The molecule has 0 aromatic rings. The Balaban J connectivity index is 2.17. The van der Waals surface area contributed by atoms with Crippen LogP contribution in [0.15, 0.2) is 12.2 Å². The Kier molecular flexibility index (Phi) is 2.25. The third-order valence-electron chi connectivity index (χ3n) is 2.52. The van der Waals surface area contributed by atoms with Crippen LogP contribution in [0.1, 0.15) is 13.3 Å². The summed E-state index contributed by atoms with van der Waals surface area (Å²) in [5, 5.41) is 0. The van der Waals surface area contributed by atoms with Gasteiger partial charge in [0.2, 0.25) is 0 Å². The standard InChI is InChI=1S/C10H12O4/c1-2-13-6-10-4-3-8(14-10)7(11)5-9(10)12/h3-4,8H,2,5-6H2,1H3. The maximum absolute atomic E-state index is 11.6. The second kappa shape index (κ2) is 3.29. The number of Topliss-reactive ketones (excluding diaryl/α,β-unsaturated/α-hetero) is 2. The highest BCUT2D eigenvalue weighted by molar-refractivity contribution is 6.09. The van der Waals surface area contributed by atoms with Crippen molar-refractivity contribution in [2.45, 2.75) is 25.0 Å². The van der Waals surface area contributed by atoms with Gasteiger partial charge in [-0.2, -0.15) is 0 Å². The summed E-state index contributed by atoms with van der Waals surface area (Å²) in [5.74, 6) is -0.350. The first-order valence-electron chi connectivity index (χ1n) is 4.69. The lowest BCUT2D eigenvalue weighted by Crippen LogP contribution is -2.49. The van der Waals surface area contributed by atoms with Gasteiger partial charge in [-0.25, -0.2) is 0 Å². The van der Waals surface area contributed by atoms with Crippen LogP contribution >= 0.6 is 0 Å². The van der Waals surface area contributed by atoms with Gasteiger partial charge in [0.05, 0.1) is 13.0 Å². The van der Waals surface area contributed by atoms with E-state index in [2.05, 4.69) is 0 Å². The Bertz CT molecular complexity index is 307. The van der Waals surface area contributed by atoms with E-state index in [1.165, 1.54) is 0 Å². The van der Waals surface area contributed by atoms with Gasteiger partial charge in [0, 0.05) is 6.61 Å². The molecule has 0 spiro atoms. The summed E-state index contributed by atoms with van der Waals surface area (Å²) >= 11 is 0. The fourth-order valence-corrected chi connectivity index (χ4v) is 1.70. The van der Waals surface area contributed by atoms with E-state index in [1.807, 2.05) is 6.92 Å². The summed E-state index contributed by atoms with van der Waals surface area (Å²) in [7, 11) is 0. The molecular formula is C10H12O4. The van der Waals surface area contributed by atoms with E-state index >= 15 is 0 Å². The van der Waals surface area contributed by atoms with Gasteiger partial charge >= 0.3 is 0 Å². The SMILES string of the molecule is CCOCC12C=CC(O1)C(=O)CC2=O. The number of ether oxygens (including phenoxy) is 2. The van der Waals surface area contributed by atoms with E-state index in [0.717, 1.165) is 0 Å². The quantitative estimate of drug-likeness (QED) is 0.480. The van der Waals surface area contributed by atoms with Gasteiger partial charge in [-0.1, -0.05) is 0 Å². The van der Waals surface area contributed by atoms with Crippen molar-refractivity contribution in [2.75, 3.05) is 13.2 Å². The molecule has 4 nitrogen and oxygen atoms in total. The molecule has 1 saturated heterocycles. The van der Waals surface area contributed by atoms with Crippen molar-refractivity contribution < 1.29 is 19.1 Å². The summed E-state index contributed by atoms with van der Waals surface area (Å²) in [6.45, 7) is 2.60. The predicted octanol–water partition coefficient (Wildman–Crippen LogP) is 0.259. The summed E-state index contributed by atoms with van der Waals surface area (Å²) in [5.41, 5.74) is -0.978. The Morgan fingerprint density at radius 1 is 1.64 bits per heavy atom. The molecule has 76 valence electrons. The maximum Gasteiger partial charge on any atom is 0.178 e. The smallest absolute Gasteiger partial charge is 0.178 e. The van der Waals surface area contributed by atoms with Crippen LogP contribution in [0.5, 0.6) is 0 Å². The third kappa shape index (κ3) is 1.31. The Morgan fingerprint density at radius 2 is 2.43 bits per heavy atom. The van der Waals surface area contributed by atoms with E-state index in [9.17, 15) is 9.59 Å². The molecule has 2 aliphatic heterocycles. The molecule has 0 aromatic heterocycles. The second-order valence-electron chi connectivity index (χ2n) is 3.49. The van der Waals surface area contributed by atoms with Crippen LogP contribution in [0.4, 0.5) is 0 Å². The first kappa shape index (κ1) is 9.55. The molecule has 2 bridgehead atoms. The fraction of sp³-hybridized carbons (Fsp3) is 0.600. The van der Waals surface area contributed by atoms with Crippen LogP contribution in [-0.4, -0.2) is 36.5 Å². The average Bonchev–Trinajstić information content (AvgIpc) is 2.55. The minimum Gasteiger partial charge on any atom is -0.378 e. The van der Waals surface area contributed by atoms with Gasteiger partial charge in [0.25, 0.3) is 0 Å². The van der Waals surface area contributed by atoms with Gasteiger partial charge in [0.15, 0.2) is 17.2 Å². The van der Waals surface area contributed by atoms with Crippen molar-refractivity contribution in [1.29, 1.82) is 0 Å². The largest absolute Gasteiger partial charge is 0.378 e. The highest BCUT2D eigenvalue weighted by Gasteiger charge is 2.49. The monoisotopic (exact) mass is 196 g/mol. The van der Waals surface area contributed by atoms with E-state index in [0.29, 0.717) is 6.61 Å². The molecule has 0 saturated carbocycles. The Hall–Kier alpha value is -1.00. The zero-order chi connectivity index (χ0) is 10.2. The van der Waals surface area contributed by atoms with Crippen molar-refractivity contribution in [3.63, 3.8) is 0 Å². The molecular weight excluding hydrogens is 184 g/mol. The number of carbonyl (C=O) groups excluding carboxylic acids is 2. The van der Waals surface area contributed by atoms with Crippen LogP contribution in [0, 0.1) is 0 Å². The van der Waals surface area contributed by atoms with Crippen LogP contribution in [-0.2, 0) is 19.1 Å². The first-order chi connectivity index (χ1) is 6.68. The van der Waals surface area contributed by atoms with Gasteiger partial charge < -0.3 is 9.47 Å². The number of fused-ring (bicyclic) bond motifs is 2. The topological polar surface area (TPSA) is 52.6 Å². The first-order valence-corrected chi connectivity index (χ1v) is 4.69. The molecule has 0 radical (unpaired) electrons. The lowest BCUT2D eigenvalue weighted by Gasteiger charge is -2.30. The molecule has 2 atom stereocenters. The summed E-state index contributed by atoms with van der Waals surface area (Å²) in [6, 6.07) is 0. The second-order valence-corrected chi connectivity index (χ2v) is 3.49. The molecule has 0 N–H and O–H groups in total. The van der Waals surface area contributed by atoms with Crippen molar-refractivity contribution in [1.82, 2.24) is 0 Å². The number of hydrogen-bond donors (Lipinski definition) is 0. The average molecular weight is 196 g/mol. The third-order valence-corrected chi connectivity index (χ3v) is 2.52. The Labute approximate surface area is 81.9 Å². The highest BCUT2D eigenvalue weighted by Crippen LogP contribution is 2.32. The summed E-state index contributed by atoms with van der Waals surface area (Å²) < 4.78 is 10.6. The van der Waals surface area contributed by atoms with Gasteiger partial charge in [-0.3, -0.25) is 9.59 Å². The normalized spacial score (nSPS) is 35.4. The zero-order valence-corrected chi connectivity index (χ0v) is 7.99. The molecule has 2 rings (SSSR count). The lowest BCUT2D eigenvalue weighted by atomic mass is 9.95. The van der Waals surface area contributed by atoms with Crippen molar-refractivity contribution in [3.05, 3.63) is 12.2 Å². The number of rotatable bonds is 3.